The van der Waals surface area contributed by atoms with Crippen LogP contribution in [0.3, 0.4) is 0 Å². The molecular weight excluding hydrogens is 304 g/mol. The van der Waals surface area contributed by atoms with E-state index in [4.69, 9.17) is 0 Å². The summed E-state index contributed by atoms with van der Waals surface area (Å²) in [6, 6.07) is 3.68. The molecule has 0 spiro atoms. The Labute approximate surface area is 131 Å². The molecule has 122 valence electrons. The zero-order valence-electron chi connectivity index (χ0n) is 12.7. The van der Waals surface area contributed by atoms with Crippen LogP contribution in [0.15, 0.2) is 24.5 Å². The second kappa shape index (κ2) is 7.55. The molecule has 0 radical (unpaired) electrons. The van der Waals surface area contributed by atoms with Crippen LogP contribution < -0.4 is 10.0 Å². The van der Waals surface area contributed by atoms with Crippen molar-refractivity contribution in [2.24, 2.45) is 0 Å². The van der Waals surface area contributed by atoms with Gasteiger partial charge in [0, 0.05) is 38.1 Å². The van der Waals surface area contributed by atoms with Gasteiger partial charge in [0.25, 0.3) is 0 Å². The van der Waals surface area contributed by atoms with Crippen LogP contribution in [0.25, 0.3) is 0 Å². The van der Waals surface area contributed by atoms with Crippen molar-refractivity contribution in [1.82, 2.24) is 19.9 Å². The summed E-state index contributed by atoms with van der Waals surface area (Å²) in [4.78, 5) is 17.8. The SMILES string of the molecule is CS(=O)(=O)NC1CCN(C(=O)NCCc2cccnc2)CC1. The fourth-order valence-electron chi connectivity index (χ4n) is 2.47. The standard InChI is InChI=1S/C14H22N4O3S/c1-22(20,21)17-13-5-9-18(10-6-13)14(19)16-8-4-12-3-2-7-15-11-12/h2-3,7,11,13,17H,4-6,8-10H2,1H3,(H,16,19). The second-order valence-electron chi connectivity index (χ2n) is 5.49. The lowest BCUT2D eigenvalue weighted by molar-refractivity contribution is 0.180. The van der Waals surface area contributed by atoms with Gasteiger partial charge >= 0.3 is 6.03 Å². The van der Waals surface area contributed by atoms with Gasteiger partial charge in [0.05, 0.1) is 6.26 Å². The van der Waals surface area contributed by atoms with Crippen LogP contribution >= 0.6 is 0 Å². The van der Waals surface area contributed by atoms with Gasteiger partial charge in [0.2, 0.25) is 10.0 Å². The molecule has 1 aliphatic rings. The molecule has 2 N–H and O–H groups in total. The second-order valence-corrected chi connectivity index (χ2v) is 7.27. The van der Waals surface area contributed by atoms with E-state index in [0.29, 0.717) is 32.5 Å². The molecule has 1 fully saturated rings. The molecule has 0 aliphatic carbocycles. The molecule has 0 aromatic carbocycles. The number of amides is 2. The summed E-state index contributed by atoms with van der Waals surface area (Å²) in [7, 11) is -3.18. The molecule has 0 atom stereocenters. The van der Waals surface area contributed by atoms with Gasteiger partial charge in [-0.05, 0) is 30.9 Å². The molecule has 1 aliphatic heterocycles. The highest BCUT2D eigenvalue weighted by Gasteiger charge is 2.24. The number of rotatable bonds is 5. The molecule has 8 heteroatoms. The van der Waals surface area contributed by atoms with Gasteiger partial charge in [0.15, 0.2) is 0 Å². The summed E-state index contributed by atoms with van der Waals surface area (Å²) in [5.41, 5.74) is 1.08. The number of pyridine rings is 1. The molecule has 7 nitrogen and oxygen atoms in total. The molecule has 0 unspecified atom stereocenters. The van der Waals surface area contributed by atoms with Crippen molar-refractivity contribution >= 4 is 16.1 Å². The van der Waals surface area contributed by atoms with Crippen LogP contribution in [0, 0.1) is 0 Å². The minimum absolute atomic E-state index is 0.0746. The fraction of sp³-hybridized carbons (Fsp3) is 0.571. The average molecular weight is 326 g/mol. The minimum atomic E-state index is -3.18. The molecule has 0 bridgehead atoms. The van der Waals surface area contributed by atoms with E-state index in [9.17, 15) is 13.2 Å². The molecular formula is C14H22N4O3S. The van der Waals surface area contributed by atoms with E-state index in [2.05, 4.69) is 15.0 Å². The molecule has 2 rings (SSSR count). The summed E-state index contributed by atoms with van der Waals surface area (Å²) in [6.07, 6.45) is 6.69. The molecule has 1 aromatic heterocycles. The summed E-state index contributed by atoms with van der Waals surface area (Å²) in [5, 5.41) is 2.88. The first kappa shape index (κ1) is 16.7. The van der Waals surface area contributed by atoms with Crippen molar-refractivity contribution in [1.29, 1.82) is 0 Å². The van der Waals surface area contributed by atoms with Gasteiger partial charge in [0.1, 0.15) is 0 Å². The monoisotopic (exact) mass is 326 g/mol. The Bertz CT molecular complexity index is 583. The highest BCUT2D eigenvalue weighted by Crippen LogP contribution is 2.11. The first-order chi connectivity index (χ1) is 10.4. The number of urea groups is 1. The van der Waals surface area contributed by atoms with Crippen LogP contribution in [0.1, 0.15) is 18.4 Å². The first-order valence-electron chi connectivity index (χ1n) is 7.33. The molecule has 0 saturated carbocycles. The van der Waals surface area contributed by atoms with Crippen molar-refractivity contribution in [3.63, 3.8) is 0 Å². The van der Waals surface area contributed by atoms with E-state index in [1.807, 2.05) is 12.1 Å². The number of hydrogen-bond acceptors (Lipinski definition) is 4. The van der Waals surface area contributed by atoms with Crippen LogP contribution in [0.5, 0.6) is 0 Å². The number of sulfonamides is 1. The highest BCUT2D eigenvalue weighted by molar-refractivity contribution is 7.88. The summed E-state index contributed by atoms with van der Waals surface area (Å²) >= 11 is 0. The number of carbonyl (C=O) groups excluding carboxylic acids is 1. The maximum absolute atomic E-state index is 12.0. The lowest BCUT2D eigenvalue weighted by atomic mass is 10.1. The first-order valence-corrected chi connectivity index (χ1v) is 9.22. The van der Waals surface area contributed by atoms with Gasteiger partial charge in [-0.15, -0.1) is 0 Å². The third-order valence-electron chi connectivity index (χ3n) is 3.58. The predicted molar refractivity (Wildman–Crippen MR) is 83.9 cm³/mol. The van der Waals surface area contributed by atoms with Gasteiger partial charge in [-0.3, -0.25) is 4.98 Å². The third kappa shape index (κ3) is 5.61. The fourth-order valence-corrected chi connectivity index (χ4v) is 3.32. The molecule has 22 heavy (non-hydrogen) atoms. The highest BCUT2D eigenvalue weighted by atomic mass is 32.2. The molecule has 2 heterocycles. The van der Waals surface area contributed by atoms with E-state index in [1.165, 1.54) is 0 Å². The Hall–Kier alpha value is -1.67. The van der Waals surface area contributed by atoms with Crippen LogP contribution in [0.4, 0.5) is 4.79 Å². The van der Waals surface area contributed by atoms with E-state index < -0.39 is 10.0 Å². The van der Waals surface area contributed by atoms with Crippen LogP contribution in [-0.4, -0.2) is 56.3 Å². The number of aromatic nitrogens is 1. The van der Waals surface area contributed by atoms with E-state index in [0.717, 1.165) is 18.2 Å². The Morgan fingerprint density at radius 2 is 2.14 bits per heavy atom. The maximum Gasteiger partial charge on any atom is 0.317 e. The molecule has 1 aromatic rings. The number of nitrogens with one attached hydrogen (secondary N) is 2. The number of hydrogen-bond donors (Lipinski definition) is 2. The van der Waals surface area contributed by atoms with Crippen molar-refractivity contribution < 1.29 is 13.2 Å². The molecule has 1 saturated heterocycles. The lowest BCUT2D eigenvalue weighted by Gasteiger charge is -2.32. The van der Waals surface area contributed by atoms with Crippen molar-refractivity contribution in [3.05, 3.63) is 30.1 Å². The third-order valence-corrected chi connectivity index (χ3v) is 4.34. The number of likely N-dealkylation sites (tertiary alicyclic amines) is 1. The van der Waals surface area contributed by atoms with E-state index in [-0.39, 0.29) is 12.1 Å². The number of nitrogens with zero attached hydrogens (tertiary/aromatic N) is 2. The Balaban J connectivity index is 1.69. The van der Waals surface area contributed by atoms with Gasteiger partial charge in [-0.25, -0.2) is 17.9 Å². The number of carbonyl (C=O) groups is 1. The largest absolute Gasteiger partial charge is 0.338 e. The summed E-state index contributed by atoms with van der Waals surface area (Å²) < 4.78 is 25.0. The van der Waals surface area contributed by atoms with E-state index >= 15 is 0 Å². The van der Waals surface area contributed by atoms with Gasteiger partial charge in [-0.2, -0.15) is 0 Å². The zero-order valence-corrected chi connectivity index (χ0v) is 13.5. The topological polar surface area (TPSA) is 91.4 Å². The van der Waals surface area contributed by atoms with Crippen molar-refractivity contribution in [3.8, 4) is 0 Å². The Morgan fingerprint density at radius 1 is 1.41 bits per heavy atom. The van der Waals surface area contributed by atoms with Crippen molar-refractivity contribution in [2.75, 3.05) is 25.9 Å². The van der Waals surface area contributed by atoms with Gasteiger partial charge in [-0.1, -0.05) is 6.07 Å². The smallest absolute Gasteiger partial charge is 0.317 e. The molecule has 2 amide bonds. The van der Waals surface area contributed by atoms with Gasteiger partial charge < -0.3 is 10.2 Å². The Kier molecular flexibility index (Phi) is 5.73. The summed E-state index contributed by atoms with van der Waals surface area (Å²) in [5.74, 6) is 0. The van der Waals surface area contributed by atoms with Crippen LogP contribution in [0.2, 0.25) is 0 Å². The van der Waals surface area contributed by atoms with Crippen LogP contribution in [-0.2, 0) is 16.4 Å². The lowest BCUT2D eigenvalue weighted by Crippen LogP contribution is -2.49. The average Bonchev–Trinajstić information content (AvgIpc) is 2.47. The quantitative estimate of drug-likeness (QED) is 0.817. The van der Waals surface area contributed by atoms with E-state index in [1.54, 1.807) is 17.3 Å². The summed E-state index contributed by atoms with van der Waals surface area (Å²) in [6.45, 7) is 1.68. The minimum Gasteiger partial charge on any atom is -0.338 e. The normalized spacial score (nSPS) is 16.5. The predicted octanol–water partition coefficient (Wildman–Crippen LogP) is 0.347. The maximum atomic E-state index is 12.0. The number of piperidine rings is 1. The Morgan fingerprint density at radius 3 is 2.73 bits per heavy atom. The van der Waals surface area contributed by atoms with Crippen molar-refractivity contribution in [2.45, 2.75) is 25.3 Å². The zero-order chi connectivity index (χ0) is 16.0.